The summed E-state index contributed by atoms with van der Waals surface area (Å²) in [7, 11) is -3.64. The van der Waals surface area contributed by atoms with E-state index in [-0.39, 0.29) is 6.42 Å². The summed E-state index contributed by atoms with van der Waals surface area (Å²) in [5.74, 6) is 0. The molecule has 0 aromatic carbocycles. The molecule has 0 atom stereocenters. The summed E-state index contributed by atoms with van der Waals surface area (Å²) in [4.78, 5) is 14.1. The van der Waals surface area contributed by atoms with Crippen LogP contribution < -0.4 is 0 Å². The predicted octanol–water partition coefficient (Wildman–Crippen LogP) is -0.126. The van der Waals surface area contributed by atoms with Gasteiger partial charge in [-0.2, -0.15) is 0 Å². The van der Waals surface area contributed by atoms with Gasteiger partial charge < -0.3 is 0 Å². The van der Waals surface area contributed by atoms with E-state index in [1.54, 1.807) is 0 Å². The minimum atomic E-state index is -3.64. The first kappa shape index (κ1) is 7.14. The Balaban J connectivity index is 3.11. The third kappa shape index (κ3) is 1.30. The molecular weight excluding hydrogens is 154 g/mol. The lowest BCUT2D eigenvalue weighted by Crippen LogP contribution is -2.10. The van der Waals surface area contributed by atoms with Crippen LogP contribution in [0.15, 0.2) is 16.6 Å². The fourth-order valence-corrected chi connectivity index (χ4v) is 1.18. The fraction of sp³-hybridized carbons (Fsp3) is 0.200. The molecular formula is C5H5NO3S. The largest absolute Gasteiger partial charge is 0.281 e. The molecule has 0 saturated carbocycles. The van der Waals surface area contributed by atoms with Gasteiger partial charge in [0.25, 0.3) is 5.12 Å². The van der Waals surface area contributed by atoms with E-state index in [9.17, 15) is 13.2 Å². The van der Waals surface area contributed by atoms with Gasteiger partial charge in [0.2, 0.25) is 9.84 Å². The second-order valence-electron chi connectivity index (χ2n) is 1.74. The molecule has 0 amide bonds. The molecule has 0 saturated heterocycles. The summed E-state index contributed by atoms with van der Waals surface area (Å²) >= 11 is 0. The second-order valence-corrected chi connectivity index (χ2v) is 3.56. The molecule has 0 N–H and O–H groups in total. The Labute approximate surface area is 58.2 Å². The highest BCUT2D eigenvalue weighted by Gasteiger charge is 2.18. The molecule has 0 unspecified atom stereocenters. The lowest BCUT2D eigenvalue weighted by Gasteiger charge is -1.87. The lowest BCUT2D eigenvalue weighted by molar-refractivity contribution is -0.110. The van der Waals surface area contributed by atoms with Crippen molar-refractivity contribution in [2.75, 3.05) is 0 Å². The van der Waals surface area contributed by atoms with Crippen molar-refractivity contribution in [2.24, 2.45) is 4.99 Å². The minimum Gasteiger partial charge on any atom is -0.281 e. The number of nitrogens with zero attached hydrogens (tertiary/aromatic N) is 1. The van der Waals surface area contributed by atoms with Gasteiger partial charge in [0.15, 0.2) is 0 Å². The van der Waals surface area contributed by atoms with E-state index in [1.807, 2.05) is 0 Å². The molecule has 0 aromatic heterocycles. The topological polar surface area (TPSA) is 63.6 Å². The standard InChI is InChI=1S/C5H5NO3S/c7-5-1-2-6-3-4-10(5,8)9/h2-4H,1H2. The number of aliphatic imine (C=N–C) groups is 1. The molecule has 1 aliphatic heterocycles. The van der Waals surface area contributed by atoms with Crippen molar-refractivity contribution < 1.29 is 13.2 Å². The minimum absolute atomic E-state index is 0.130. The molecule has 4 nitrogen and oxygen atoms in total. The zero-order valence-electron chi connectivity index (χ0n) is 5.02. The average Bonchev–Trinajstić information content (AvgIpc) is 1.96. The van der Waals surface area contributed by atoms with Crippen molar-refractivity contribution in [3.8, 4) is 0 Å². The number of carbonyl (C=O) groups excluding carboxylic acids is 1. The Bertz CT molecular complexity index is 299. The maximum absolute atomic E-state index is 10.7. The first-order valence-corrected chi connectivity index (χ1v) is 4.14. The third-order valence-electron chi connectivity index (χ3n) is 1.01. The third-order valence-corrected chi connectivity index (χ3v) is 2.29. The maximum Gasteiger partial charge on any atom is 0.255 e. The zero-order valence-corrected chi connectivity index (χ0v) is 5.84. The molecule has 0 aromatic rings. The fourth-order valence-electron chi connectivity index (χ4n) is 0.495. The van der Waals surface area contributed by atoms with E-state index in [4.69, 9.17) is 0 Å². The molecule has 5 heteroatoms. The van der Waals surface area contributed by atoms with Crippen LogP contribution in [0.3, 0.4) is 0 Å². The summed E-state index contributed by atoms with van der Waals surface area (Å²) < 4.78 is 21.4. The van der Waals surface area contributed by atoms with Gasteiger partial charge in [-0.15, -0.1) is 0 Å². The highest BCUT2D eigenvalue weighted by molar-refractivity contribution is 8.08. The van der Waals surface area contributed by atoms with Crippen LogP contribution in [-0.2, 0) is 14.6 Å². The SMILES string of the molecule is O=C1CC=NC=CS1(=O)=O. The average molecular weight is 159 g/mol. The van der Waals surface area contributed by atoms with Gasteiger partial charge >= 0.3 is 0 Å². The van der Waals surface area contributed by atoms with E-state index in [2.05, 4.69) is 4.99 Å². The highest BCUT2D eigenvalue weighted by Crippen LogP contribution is 2.01. The summed E-state index contributed by atoms with van der Waals surface area (Å²) in [6.45, 7) is 0. The molecule has 1 aliphatic rings. The number of hydrogen-bond donors (Lipinski definition) is 0. The smallest absolute Gasteiger partial charge is 0.255 e. The molecule has 0 aliphatic carbocycles. The number of carbonyl (C=O) groups is 1. The van der Waals surface area contributed by atoms with Crippen LogP contribution in [0.2, 0.25) is 0 Å². The van der Waals surface area contributed by atoms with Gasteiger partial charge in [-0.3, -0.25) is 9.79 Å². The van der Waals surface area contributed by atoms with E-state index in [0.717, 1.165) is 11.6 Å². The molecule has 0 spiro atoms. The van der Waals surface area contributed by atoms with Crippen molar-refractivity contribution >= 4 is 21.2 Å². The molecule has 1 heterocycles. The van der Waals surface area contributed by atoms with Crippen molar-refractivity contribution in [3.63, 3.8) is 0 Å². The quantitative estimate of drug-likeness (QED) is 0.494. The molecule has 10 heavy (non-hydrogen) atoms. The van der Waals surface area contributed by atoms with Crippen LogP contribution in [0.1, 0.15) is 6.42 Å². The Morgan fingerprint density at radius 2 is 2.20 bits per heavy atom. The normalized spacial score (nSPS) is 22.6. The Hall–Kier alpha value is -0.970. The van der Waals surface area contributed by atoms with Crippen LogP contribution in [0, 0.1) is 0 Å². The second kappa shape index (κ2) is 2.34. The van der Waals surface area contributed by atoms with Crippen LogP contribution >= 0.6 is 0 Å². The molecule has 54 valence electrons. The predicted molar refractivity (Wildman–Crippen MR) is 36.2 cm³/mol. The number of sulfone groups is 1. The van der Waals surface area contributed by atoms with Crippen molar-refractivity contribution in [1.82, 2.24) is 0 Å². The zero-order chi connectivity index (χ0) is 7.61. The Morgan fingerprint density at radius 3 is 2.90 bits per heavy atom. The van der Waals surface area contributed by atoms with Gasteiger partial charge in [-0.25, -0.2) is 8.42 Å². The van der Waals surface area contributed by atoms with Crippen LogP contribution in [-0.4, -0.2) is 19.7 Å². The molecule has 1 rings (SSSR count). The Morgan fingerprint density at radius 1 is 1.50 bits per heavy atom. The van der Waals surface area contributed by atoms with Gasteiger partial charge in [0.05, 0.1) is 11.8 Å². The van der Waals surface area contributed by atoms with Gasteiger partial charge in [-0.05, 0) is 0 Å². The van der Waals surface area contributed by atoms with Gasteiger partial charge in [-0.1, -0.05) is 0 Å². The van der Waals surface area contributed by atoms with Crippen molar-refractivity contribution in [1.29, 1.82) is 0 Å². The molecule has 0 bridgehead atoms. The van der Waals surface area contributed by atoms with Crippen molar-refractivity contribution in [3.05, 3.63) is 11.6 Å². The van der Waals surface area contributed by atoms with Gasteiger partial charge in [0, 0.05) is 12.4 Å². The first-order valence-electron chi connectivity index (χ1n) is 2.59. The number of rotatable bonds is 0. The highest BCUT2D eigenvalue weighted by atomic mass is 32.2. The van der Waals surface area contributed by atoms with Crippen molar-refractivity contribution in [2.45, 2.75) is 6.42 Å². The van der Waals surface area contributed by atoms with E-state index < -0.39 is 15.0 Å². The first-order chi connectivity index (χ1) is 4.63. The van der Waals surface area contributed by atoms with Crippen LogP contribution in [0.4, 0.5) is 0 Å². The maximum atomic E-state index is 10.7. The molecule has 0 radical (unpaired) electrons. The summed E-state index contributed by atoms with van der Waals surface area (Å²) in [6.07, 6.45) is 2.24. The van der Waals surface area contributed by atoms with Gasteiger partial charge in [0.1, 0.15) is 0 Å². The number of hydrogen-bond acceptors (Lipinski definition) is 4. The van der Waals surface area contributed by atoms with E-state index in [1.165, 1.54) is 6.21 Å². The van der Waals surface area contributed by atoms with E-state index >= 15 is 0 Å². The lowest BCUT2D eigenvalue weighted by atomic mass is 10.5. The summed E-state index contributed by atoms with van der Waals surface area (Å²) in [5.41, 5.74) is 0. The Kier molecular flexibility index (Phi) is 1.67. The summed E-state index contributed by atoms with van der Waals surface area (Å²) in [6, 6.07) is 0. The molecule has 0 fully saturated rings. The van der Waals surface area contributed by atoms with Crippen LogP contribution in [0.5, 0.6) is 0 Å². The van der Waals surface area contributed by atoms with Crippen LogP contribution in [0.25, 0.3) is 0 Å². The summed E-state index contributed by atoms with van der Waals surface area (Å²) in [5, 5.41) is 0.00347. The van der Waals surface area contributed by atoms with E-state index in [0.29, 0.717) is 0 Å². The monoisotopic (exact) mass is 159 g/mol.